The van der Waals surface area contributed by atoms with Crippen LogP contribution in [0.25, 0.3) is 0 Å². The van der Waals surface area contributed by atoms with Crippen LogP contribution in [0.2, 0.25) is 10.2 Å². The van der Waals surface area contributed by atoms with Gasteiger partial charge in [0.2, 0.25) is 0 Å². The summed E-state index contributed by atoms with van der Waals surface area (Å²) in [5.74, 6) is -0.697. The molecular weight excluding hydrogens is 358 g/mol. The molecule has 0 aromatic carbocycles. The number of hydrogen-bond acceptors (Lipinski definition) is 3. The van der Waals surface area contributed by atoms with Gasteiger partial charge in [-0.05, 0) is 13.3 Å². The number of nitrogens with zero attached hydrogens (tertiary/aromatic N) is 3. The first kappa shape index (κ1) is 17.6. The van der Waals surface area contributed by atoms with E-state index >= 15 is 0 Å². The molecule has 0 saturated heterocycles. The summed E-state index contributed by atoms with van der Waals surface area (Å²) in [5.41, 5.74) is -0.804. The molecule has 0 fully saturated rings. The van der Waals surface area contributed by atoms with Crippen LogP contribution in [0.4, 0.5) is 13.2 Å². The van der Waals surface area contributed by atoms with Gasteiger partial charge in [-0.2, -0.15) is 23.4 Å². The quantitative estimate of drug-likeness (QED) is 0.795. The average molecular weight is 370 g/mol. The molecule has 0 bridgehead atoms. The Morgan fingerprint density at radius 1 is 1.43 bits per heavy atom. The molecule has 2 aromatic heterocycles. The van der Waals surface area contributed by atoms with Crippen LogP contribution < -0.4 is 5.32 Å². The van der Waals surface area contributed by atoms with Crippen molar-refractivity contribution in [2.75, 3.05) is 6.54 Å². The maximum Gasteiger partial charge on any atom is 0.432 e. The summed E-state index contributed by atoms with van der Waals surface area (Å²) < 4.78 is 38.7. The van der Waals surface area contributed by atoms with Gasteiger partial charge in [0, 0.05) is 19.2 Å². The number of H-pyrrole nitrogens is 1. The second-order valence-electron chi connectivity index (χ2n) is 4.69. The number of carbonyl (C=O) groups is 1. The lowest BCUT2D eigenvalue weighted by Gasteiger charge is -2.04. The van der Waals surface area contributed by atoms with Crippen molar-refractivity contribution in [2.24, 2.45) is 0 Å². The van der Waals surface area contributed by atoms with E-state index < -0.39 is 17.8 Å². The van der Waals surface area contributed by atoms with Crippen molar-refractivity contribution >= 4 is 29.1 Å². The van der Waals surface area contributed by atoms with Gasteiger partial charge in [-0.25, -0.2) is 0 Å². The van der Waals surface area contributed by atoms with Gasteiger partial charge in [0.15, 0.2) is 5.69 Å². The Labute approximate surface area is 138 Å². The van der Waals surface area contributed by atoms with Gasteiger partial charge in [0.05, 0.1) is 5.69 Å². The minimum atomic E-state index is -4.57. The number of hydrogen-bond donors (Lipinski definition) is 2. The third kappa shape index (κ3) is 4.17. The van der Waals surface area contributed by atoms with E-state index in [0.29, 0.717) is 34.9 Å². The number of carbonyl (C=O) groups excluding carboxylic acids is 1. The molecule has 1 amide bonds. The lowest BCUT2D eigenvalue weighted by molar-refractivity contribution is -0.141. The number of nitrogens with one attached hydrogen (secondary N) is 2. The number of rotatable bonds is 5. The smallest absolute Gasteiger partial charge is 0.351 e. The van der Waals surface area contributed by atoms with Gasteiger partial charge in [0.1, 0.15) is 15.9 Å². The minimum absolute atomic E-state index is 0.222. The zero-order valence-electron chi connectivity index (χ0n) is 11.8. The number of aromatic amines is 1. The molecule has 0 radical (unpaired) electrons. The highest BCUT2D eigenvalue weighted by atomic mass is 35.5. The summed E-state index contributed by atoms with van der Waals surface area (Å²) in [6.45, 7) is 2.34. The Hall–Kier alpha value is -1.74. The highest BCUT2D eigenvalue weighted by Gasteiger charge is 2.33. The summed E-state index contributed by atoms with van der Waals surface area (Å²) in [6, 6.07) is 0.656. The maximum atomic E-state index is 12.4. The molecule has 2 heterocycles. The lowest BCUT2D eigenvalue weighted by Crippen LogP contribution is -2.25. The van der Waals surface area contributed by atoms with Gasteiger partial charge >= 0.3 is 6.18 Å². The Morgan fingerprint density at radius 3 is 2.65 bits per heavy atom. The fourth-order valence-electron chi connectivity index (χ4n) is 1.78. The summed E-state index contributed by atoms with van der Waals surface area (Å²) in [4.78, 5) is 11.7. The molecule has 0 unspecified atom stereocenters. The monoisotopic (exact) mass is 369 g/mol. The third-order valence-electron chi connectivity index (χ3n) is 2.94. The number of aryl methyl sites for hydroxylation is 2. The van der Waals surface area contributed by atoms with E-state index in [1.165, 1.54) is 4.68 Å². The van der Waals surface area contributed by atoms with Gasteiger partial charge < -0.3 is 5.32 Å². The number of halogens is 5. The van der Waals surface area contributed by atoms with Crippen LogP contribution >= 0.6 is 23.2 Å². The van der Waals surface area contributed by atoms with E-state index in [1.54, 1.807) is 12.0 Å². The molecule has 11 heteroatoms. The minimum Gasteiger partial charge on any atom is -0.351 e. The predicted molar refractivity (Wildman–Crippen MR) is 77.5 cm³/mol. The van der Waals surface area contributed by atoms with Crippen LogP contribution in [-0.2, 0) is 12.7 Å². The standard InChI is InChI=1S/C12H12Cl2F3N5O/c1-6-9(13)10(14)22(21-6)4-2-3-18-11(23)7-5-8(20-19-7)12(15,16)17/h5H,2-4H2,1H3,(H,18,23)(H,19,20). The summed E-state index contributed by atoms with van der Waals surface area (Å²) in [5, 5.41) is 12.4. The summed E-state index contributed by atoms with van der Waals surface area (Å²) in [7, 11) is 0. The number of amides is 1. The van der Waals surface area contributed by atoms with Crippen molar-refractivity contribution in [2.45, 2.75) is 26.1 Å². The van der Waals surface area contributed by atoms with Crippen molar-refractivity contribution in [3.8, 4) is 0 Å². The first-order chi connectivity index (χ1) is 10.7. The van der Waals surface area contributed by atoms with Gasteiger partial charge in [0.25, 0.3) is 5.91 Å². The van der Waals surface area contributed by atoms with E-state index in [1.807, 2.05) is 0 Å². The van der Waals surface area contributed by atoms with Crippen molar-refractivity contribution in [3.63, 3.8) is 0 Å². The van der Waals surface area contributed by atoms with Crippen LogP contribution in [0.1, 0.15) is 28.3 Å². The SMILES string of the molecule is Cc1nn(CCCNC(=O)c2cc(C(F)(F)F)[nH]n2)c(Cl)c1Cl. The zero-order valence-corrected chi connectivity index (χ0v) is 13.4. The fraction of sp³-hybridized carbons (Fsp3) is 0.417. The maximum absolute atomic E-state index is 12.4. The number of aromatic nitrogens is 4. The van der Waals surface area contributed by atoms with Gasteiger partial charge in [-0.15, -0.1) is 0 Å². The lowest BCUT2D eigenvalue weighted by atomic mass is 10.3. The summed E-state index contributed by atoms with van der Waals surface area (Å²) in [6.07, 6.45) is -4.10. The van der Waals surface area contributed by atoms with Crippen LogP contribution in [0.5, 0.6) is 0 Å². The van der Waals surface area contributed by atoms with Crippen molar-refractivity contribution < 1.29 is 18.0 Å². The molecule has 0 saturated carbocycles. The molecule has 0 aliphatic heterocycles. The molecule has 23 heavy (non-hydrogen) atoms. The second-order valence-corrected chi connectivity index (χ2v) is 5.42. The molecular formula is C12H12Cl2F3N5O. The first-order valence-corrected chi connectivity index (χ1v) is 7.25. The normalized spacial score (nSPS) is 11.7. The molecule has 6 nitrogen and oxygen atoms in total. The average Bonchev–Trinajstić information content (AvgIpc) is 3.05. The molecule has 0 atom stereocenters. The Bertz CT molecular complexity index is 710. The van der Waals surface area contributed by atoms with Crippen molar-refractivity contribution in [1.82, 2.24) is 25.3 Å². The number of alkyl halides is 3. The Kier molecular flexibility index (Phi) is 5.20. The molecule has 0 aliphatic carbocycles. The highest BCUT2D eigenvalue weighted by molar-refractivity contribution is 6.41. The molecule has 126 valence electrons. The van der Waals surface area contributed by atoms with Crippen LogP contribution in [0.3, 0.4) is 0 Å². The van der Waals surface area contributed by atoms with E-state index in [0.717, 1.165) is 0 Å². The topological polar surface area (TPSA) is 75.6 Å². The molecule has 2 rings (SSSR count). The van der Waals surface area contributed by atoms with E-state index in [2.05, 4.69) is 15.5 Å². The Morgan fingerprint density at radius 2 is 2.13 bits per heavy atom. The van der Waals surface area contributed by atoms with Crippen LogP contribution in [-0.4, -0.2) is 32.4 Å². The second kappa shape index (κ2) is 6.79. The van der Waals surface area contributed by atoms with Crippen molar-refractivity contribution in [3.05, 3.63) is 33.3 Å². The van der Waals surface area contributed by atoms with E-state index in [4.69, 9.17) is 23.2 Å². The first-order valence-electron chi connectivity index (χ1n) is 6.49. The van der Waals surface area contributed by atoms with Gasteiger partial charge in [-0.3, -0.25) is 14.6 Å². The fourth-order valence-corrected chi connectivity index (χ4v) is 2.18. The third-order valence-corrected chi connectivity index (χ3v) is 3.88. The highest BCUT2D eigenvalue weighted by Crippen LogP contribution is 2.27. The van der Waals surface area contributed by atoms with Gasteiger partial charge in [-0.1, -0.05) is 23.2 Å². The largest absolute Gasteiger partial charge is 0.432 e. The summed E-state index contributed by atoms with van der Waals surface area (Å²) >= 11 is 11.8. The zero-order chi connectivity index (χ0) is 17.2. The molecule has 0 spiro atoms. The van der Waals surface area contributed by atoms with Crippen molar-refractivity contribution in [1.29, 1.82) is 0 Å². The molecule has 2 aromatic rings. The van der Waals surface area contributed by atoms with E-state index in [9.17, 15) is 18.0 Å². The van der Waals surface area contributed by atoms with Crippen LogP contribution in [0, 0.1) is 6.92 Å². The Balaban J connectivity index is 1.83. The molecule has 2 N–H and O–H groups in total. The van der Waals surface area contributed by atoms with E-state index in [-0.39, 0.29) is 12.2 Å². The van der Waals surface area contributed by atoms with Crippen LogP contribution in [0.15, 0.2) is 6.07 Å². The predicted octanol–water partition coefficient (Wildman–Crippen LogP) is 3.06. The molecule has 0 aliphatic rings.